The molecule has 0 spiro atoms. The summed E-state index contributed by atoms with van der Waals surface area (Å²) in [5, 5.41) is 14.9. The number of carbonyl (C=O) groups excluding carboxylic acids is 2. The van der Waals surface area contributed by atoms with Crippen LogP contribution in [-0.2, 0) is 15.7 Å². The van der Waals surface area contributed by atoms with Gasteiger partial charge < -0.3 is 31.6 Å². The molecule has 38 heavy (non-hydrogen) atoms. The van der Waals surface area contributed by atoms with Gasteiger partial charge in [-0.25, -0.2) is 4.79 Å². The molecule has 14 heteroatoms. The smallest absolute Gasteiger partial charge is 0.416 e. The third-order valence-corrected chi connectivity index (χ3v) is 5.31. The molecule has 206 valence electrons. The molecule has 0 aliphatic carbocycles. The molecule has 2 atom stereocenters. The molecule has 1 aromatic carbocycles. The van der Waals surface area contributed by atoms with Crippen molar-refractivity contribution in [2.45, 2.75) is 58.9 Å². The summed E-state index contributed by atoms with van der Waals surface area (Å²) in [6.07, 6.45) is -6.20. The summed E-state index contributed by atoms with van der Waals surface area (Å²) < 4.78 is 50.0. The van der Waals surface area contributed by atoms with Crippen molar-refractivity contribution in [2.24, 2.45) is 11.1 Å². The van der Waals surface area contributed by atoms with Crippen LogP contribution in [0.25, 0.3) is 0 Å². The Morgan fingerprint density at radius 1 is 1.18 bits per heavy atom. The van der Waals surface area contributed by atoms with Crippen LogP contribution in [0.2, 0.25) is 0 Å². The van der Waals surface area contributed by atoms with Crippen molar-refractivity contribution in [1.29, 1.82) is 5.26 Å². The number of anilines is 3. The molecule has 0 radical (unpaired) electrons. The number of amides is 2. The second-order valence-corrected chi connectivity index (χ2v) is 9.29. The minimum atomic E-state index is -4.61. The lowest BCUT2D eigenvalue weighted by Gasteiger charge is -2.31. The summed E-state index contributed by atoms with van der Waals surface area (Å²) in [5.74, 6) is -1.20. The van der Waals surface area contributed by atoms with Gasteiger partial charge >= 0.3 is 12.3 Å². The van der Waals surface area contributed by atoms with E-state index in [4.69, 9.17) is 20.9 Å². The first-order valence-corrected chi connectivity index (χ1v) is 11.6. The fraction of sp³-hybridized carbons (Fsp3) is 0.458. The second kappa shape index (κ2) is 12.3. The fourth-order valence-electron chi connectivity index (χ4n) is 3.47. The summed E-state index contributed by atoms with van der Waals surface area (Å²) in [6.45, 7) is 7.25. The van der Waals surface area contributed by atoms with Gasteiger partial charge in [0.1, 0.15) is 18.2 Å². The molecule has 6 N–H and O–H groups in total. The first-order chi connectivity index (χ1) is 17.6. The van der Waals surface area contributed by atoms with E-state index in [-0.39, 0.29) is 48.3 Å². The quantitative estimate of drug-likeness (QED) is 0.348. The average molecular weight is 538 g/mol. The van der Waals surface area contributed by atoms with Crippen molar-refractivity contribution < 1.29 is 32.2 Å². The minimum absolute atomic E-state index is 0.00123. The van der Waals surface area contributed by atoms with E-state index in [2.05, 4.69) is 20.6 Å². The molecule has 0 aliphatic rings. The van der Waals surface area contributed by atoms with Gasteiger partial charge in [0.25, 0.3) is 0 Å². The molecule has 1 aromatic heterocycles. The number of hydrogen-bond donors (Lipinski definition) is 4. The topological polar surface area (TPSA) is 178 Å². The SMILES string of the molecule is CCOc1nc(N)nc(N[C@@H](CCC(OC(N)=O)C(C)(C)C)C(=O)Nc2cccc(C(F)(F)F)c2)c1C#N. The number of aromatic nitrogens is 2. The number of carbonyl (C=O) groups is 2. The standard InChI is InChI=1S/C24H30F3N7O4/c1-5-37-20-15(12-28)18(33-21(29)34-20)32-16(9-10-17(23(2,3)4)38-22(30)36)19(35)31-14-8-6-7-13(11-14)24(25,26)27/h6-8,11,16-17H,5,9-10H2,1-4H3,(H2,30,36)(H,31,35)(H3,29,32,33,34)/t16-,17?/m0/s1. The number of rotatable bonds is 10. The molecular weight excluding hydrogens is 507 g/mol. The van der Waals surface area contributed by atoms with Gasteiger partial charge in [0, 0.05) is 5.69 Å². The van der Waals surface area contributed by atoms with Gasteiger partial charge in [-0.1, -0.05) is 26.8 Å². The van der Waals surface area contributed by atoms with Crippen LogP contribution in [0.1, 0.15) is 51.7 Å². The fourth-order valence-corrected chi connectivity index (χ4v) is 3.47. The van der Waals surface area contributed by atoms with Crippen molar-refractivity contribution in [3.8, 4) is 11.9 Å². The molecule has 0 saturated carbocycles. The number of ether oxygens (including phenoxy) is 2. The second-order valence-electron chi connectivity index (χ2n) is 9.29. The van der Waals surface area contributed by atoms with Crippen LogP contribution in [-0.4, -0.2) is 40.7 Å². The summed E-state index contributed by atoms with van der Waals surface area (Å²) >= 11 is 0. The normalized spacial score (nSPS) is 13.1. The summed E-state index contributed by atoms with van der Waals surface area (Å²) in [7, 11) is 0. The number of alkyl halides is 3. The number of nitrogen functional groups attached to an aromatic ring is 1. The van der Waals surface area contributed by atoms with Gasteiger partial charge in [0.2, 0.25) is 17.7 Å². The highest BCUT2D eigenvalue weighted by Crippen LogP contribution is 2.32. The highest BCUT2D eigenvalue weighted by atomic mass is 19.4. The number of hydrogen-bond acceptors (Lipinski definition) is 9. The Balaban J connectivity index is 2.43. The van der Waals surface area contributed by atoms with Crippen LogP contribution >= 0.6 is 0 Å². The maximum Gasteiger partial charge on any atom is 0.416 e. The van der Waals surface area contributed by atoms with Crippen LogP contribution in [0.5, 0.6) is 5.88 Å². The zero-order valence-electron chi connectivity index (χ0n) is 21.3. The lowest BCUT2D eigenvalue weighted by atomic mass is 9.85. The van der Waals surface area contributed by atoms with E-state index in [1.807, 2.05) is 6.07 Å². The van der Waals surface area contributed by atoms with E-state index >= 15 is 0 Å². The molecule has 11 nitrogen and oxygen atoms in total. The van der Waals surface area contributed by atoms with Gasteiger partial charge in [-0.3, -0.25) is 4.79 Å². The van der Waals surface area contributed by atoms with Crippen LogP contribution in [0.15, 0.2) is 24.3 Å². The Morgan fingerprint density at radius 3 is 2.42 bits per heavy atom. The molecule has 0 bridgehead atoms. The van der Waals surface area contributed by atoms with E-state index in [0.29, 0.717) is 0 Å². The third kappa shape index (κ3) is 8.39. The minimum Gasteiger partial charge on any atom is -0.477 e. The van der Waals surface area contributed by atoms with Crippen molar-refractivity contribution >= 4 is 29.5 Å². The molecule has 0 aliphatic heterocycles. The predicted molar refractivity (Wildman–Crippen MR) is 133 cm³/mol. The van der Waals surface area contributed by atoms with Gasteiger partial charge in [0.05, 0.1) is 12.2 Å². The van der Waals surface area contributed by atoms with E-state index in [1.165, 1.54) is 6.07 Å². The Bertz CT molecular complexity index is 1190. The highest BCUT2D eigenvalue weighted by Gasteiger charge is 2.32. The number of halogens is 3. The van der Waals surface area contributed by atoms with Crippen molar-refractivity contribution in [3.63, 3.8) is 0 Å². The predicted octanol–water partition coefficient (Wildman–Crippen LogP) is 4.06. The molecule has 2 amide bonds. The van der Waals surface area contributed by atoms with Gasteiger partial charge in [-0.05, 0) is 43.4 Å². The molecular formula is C24H30F3N7O4. The largest absolute Gasteiger partial charge is 0.477 e. The lowest BCUT2D eigenvalue weighted by molar-refractivity contribution is -0.137. The monoisotopic (exact) mass is 537 g/mol. The van der Waals surface area contributed by atoms with Crippen LogP contribution in [0.4, 0.5) is 35.4 Å². The molecule has 0 fully saturated rings. The van der Waals surface area contributed by atoms with E-state index < -0.39 is 41.3 Å². The van der Waals surface area contributed by atoms with Gasteiger partial charge in [-0.15, -0.1) is 0 Å². The Morgan fingerprint density at radius 2 is 1.87 bits per heavy atom. The first-order valence-electron chi connectivity index (χ1n) is 11.6. The average Bonchev–Trinajstić information content (AvgIpc) is 2.79. The zero-order chi connectivity index (χ0) is 28.7. The lowest BCUT2D eigenvalue weighted by Crippen LogP contribution is -2.39. The number of nitrogens with one attached hydrogen (secondary N) is 2. The molecule has 2 aromatic rings. The Labute approximate surface area is 217 Å². The molecule has 0 saturated heterocycles. The van der Waals surface area contributed by atoms with E-state index in [1.54, 1.807) is 27.7 Å². The summed E-state index contributed by atoms with van der Waals surface area (Å²) in [4.78, 5) is 32.6. The number of primary amides is 1. The van der Waals surface area contributed by atoms with Crippen LogP contribution in [0, 0.1) is 16.7 Å². The van der Waals surface area contributed by atoms with Crippen molar-refractivity contribution in [1.82, 2.24) is 9.97 Å². The van der Waals surface area contributed by atoms with E-state index in [0.717, 1.165) is 18.2 Å². The van der Waals surface area contributed by atoms with Gasteiger partial charge in [0.15, 0.2) is 11.4 Å². The van der Waals surface area contributed by atoms with E-state index in [9.17, 15) is 28.0 Å². The molecule has 1 heterocycles. The number of nitrogens with two attached hydrogens (primary N) is 2. The maximum absolute atomic E-state index is 13.3. The maximum atomic E-state index is 13.3. The summed E-state index contributed by atoms with van der Waals surface area (Å²) in [5.41, 5.74) is 9.22. The molecule has 2 rings (SSSR count). The number of benzene rings is 1. The highest BCUT2D eigenvalue weighted by molar-refractivity contribution is 5.96. The molecule has 1 unspecified atom stereocenters. The third-order valence-electron chi connectivity index (χ3n) is 5.31. The van der Waals surface area contributed by atoms with Gasteiger partial charge in [-0.2, -0.15) is 28.4 Å². The first kappa shape index (κ1) is 29.9. The number of nitrogens with zero attached hydrogens (tertiary/aromatic N) is 3. The Hall–Kier alpha value is -4.28. The summed E-state index contributed by atoms with van der Waals surface area (Å²) in [6, 6.07) is 4.86. The van der Waals surface area contributed by atoms with Crippen molar-refractivity contribution in [3.05, 3.63) is 35.4 Å². The Kier molecular flexibility index (Phi) is 9.70. The van der Waals surface area contributed by atoms with Crippen LogP contribution < -0.4 is 26.8 Å². The van der Waals surface area contributed by atoms with Crippen molar-refractivity contribution in [2.75, 3.05) is 23.0 Å². The van der Waals surface area contributed by atoms with Crippen LogP contribution in [0.3, 0.4) is 0 Å². The zero-order valence-corrected chi connectivity index (χ0v) is 21.3. The number of nitriles is 1.